The van der Waals surface area contributed by atoms with Gasteiger partial charge in [0.2, 0.25) is 0 Å². The van der Waals surface area contributed by atoms with Crippen molar-refractivity contribution in [1.82, 2.24) is 10.3 Å². The Bertz CT molecular complexity index is 592. The van der Waals surface area contributed by atoms with Gasteiger partial charge in [0, 0.05) is 30.6 Å². The van der Waals surface area contributed by atoms with Gasteiger partial charge in [-0.25, -0.2) is 0 Å². The molecule has 2 amide bonds. The summed E-state index contributed by atoms with van der Waals surface area (Å²) in [6, 6.07) is 7.26. The highest BCUT2D eigenvalue weighted by molar-refractivity contribution is 6.39. The number of nitrogens with one attached hydrogen (secondary N) is 3. The van der Waals surface area contributed by atoms with Crippen molar-refractivity contribution in [2.75, 3.05) is 18.5 Å². The van der Waals surface area contributed by atoms with Crippen LogP contribution in [0, 0.1) is 0 Å². The number of benzene rings is 1. The van der Waals surface area contributed by atoms with Crippen LogP contribution >= 0.6 is 0 Å². The number of fused-ring (bicyclic) bond motifs is 1. The van der Waals surface area contributed by atoms with Gasteiger partial charge in [0.25, 0.3) is 0 Å². The number of rotatable bonds is 4. The first-order valence-electron chi connectivity index (χ1n) is 5.98. The molecule has 2 rings (SSSR count). The lowest BCUT2D eigenvalue weighted by atomic mass is 10.2. The molecule has 6 nitrogen and oxygen atoms in total. The van der Waals surface area contributed by atoms with Gasteiger partial charge in [0.05, 0.1) is 0 Å². The lowest BCUT2D eigenvalue weighted by Gasteiger charge is -2.06. The molecule has 4 N–H and O–H groups in total. The summed E-state index contributed by atoms with van der Waals surface area (Å²) in [5.74, 6) is -1.43. The predicted octanol–water partition coefficient (Wildman–Crippen LogP) is 0.605. The molecule has 19 heavy (non-hydrogen) atoms. The Morgan fingerprint density at radius 2 is 2.05 bits per heavy atom. The predicted molar refractivity (Wildman–Crippen MR) is 71.6 cm³/mol. The summed E-state index contributed by atoms with van der Waals surface area (Å²) in [4.78, 5) is 26.0. The number of hydrogen-bond donors (Lipinski definition) is 4. The molecule has 0 aliphatic carbocycles. The van der Waals surface area contributed by atoms with Crippen LogP contribution in [0.5, 0.6) is 0 Å². The van der Waals surface area contributed by atoms with Crippen LogP contribution in [0.25, 0.3) is 10.9 Å². The molecule has 1 heterocycles. The molecule has 0 aliphatic heterocycles. The van der Waals surface area contributed by atoms with E-state index in [1.165, 1.54) is 0 Å². The van der Waals surface area contributed by atoms with E-state index in [4.69, 9.17) is 5.11 Å². The van der Waals surface area contributed by atoms with Crippen LogP contribution in [0.1, 0.15) is 6.42 Å². The summed E-state index contributed by atoms with van der Waals surface area (Å²) in [5.41, 5.74) is 1.44. The molecule has 0 radical (unpaired) electrons. The molecule has 100 valence electrons. The minimum absolute atomic E-state index is 0.0224. The highest BCUT2D eigenvalue weighted by Gasteiger charge is 2.12. The van der Waals surface area contributed by atoms with Crippen molar-refractivity contribution in [3.05, 3.63) is 30.5 Å². The summed E-state index contributed by atoms with van der Waals surface area (Å²) < 4.78 is 0. The molecular formula is C13H15N3O3. The molecule has 2 aromatic rings. The average Bonchev–Trinajstić information content (AvgIpc) is 2.86. The molecule has 1 aromatic heterocycles. The fraction of sp³-hybridized carbons (Fsp3) is 0.231. The van der Waals surface area contributed by atoms with Crippen molar-refractivity contribution in [1.29, 1.82) is 0 Å². The SMILES string of the molecule is O=C(NCCCO)C(=O)Nc1ccc2cc[nH]c2c1. The number of anilines is 1. The highest BCUT2D eigenvalue weighted by atomic mass is 16.3. The van der Waals surface area contributed by atoms with Gasteiger partial charge in [-0.3, -0.25) is 9.59 Å². The van der Waals surface area contributed by atoms with Gasteiger partial charge in [-0.1, -0.05) is 6.07 Å². The number of amides is 2. The number of aliphatic hydroxyl groups is 1. The molecule has 0 unspecified atom stereocenters. The lowest BCUT2D eigenvalue weighted by molar-refractivity contribution is -0.136. The van der Waals surface area contributed by atoms with Crippen LogP contribution in [0.4, 0.5) is 5.69 Å². The van der Waals surface area contributed by atoms with E-state index in [1.54, 1.807) is 18.3 Å². The monoisotopic (exact) mass is 261 g/mol. The lowest BCUT2D eigenvalue weighted by Crippen LogP contribution is -2.36. The zero-order valence-electron chi connectivity index (χ0n) is 10.3. The number of aromatic nitrogens is 1. The van der Waals surface area contributed by atoms with Crippen molar-refractivity contribution in [2.45, 2.75) is 6.42 Å². The van der Waals surface area contributed by atoms with Crippen LogP contribution in [-0.4, -0.2) is 35.1 Å². The normalized spacial score (nSPS) is 10.4. The van der Waals surface area contributed by atoms with E-state index in [-0.39, 0.29) is 13.2 Å². The summed E-state index contributed by atoms with van der Waals surface area (Å²) in [5, 5.41) is 14.5. The highest BCUT2D eigenvalue weighted by Crippen LogP contribution is 2.17. The second-order valence-electron chi connectivity index (χ2n) is 4.07. The molecule has 1 aromatic carbocycles. The number of aliphatic hydroxyl groups excluding tert-OH is 1. The summed E-state index contributed by atoms with van der Waals surface area (Å²) in [6.45, 7) is 0.254. The topological polar surface area (TPSA) is 94.2 Å². The zero-order chi connectivity index (χ0) is 13.7. The number of hydrogen-bond acceptors (Lipinski definition) is 3. The molecule has 6 heteroatoms. The molecule has 0 fully saturated rings. The van der Waals surface area contributed by atoms with Crippen LogP contribution in [0.2, 0.25) is 0 Å². The first-order valence-corrected chi connectivity index (χ1v) is 5.98. The standard InChI is InChI=1S/C13H15N3O3/c17-7-1-5-15-12(18)13(19)16-10-3-2-9-4-6-14-11(9)8-10/h2-4,6,8,14,17H,1,5,7H2,(H,15,18)(H,16,19). The first kappa shape index (κ1) is 13.1. The summed E-state index contributed by atoms with van der Waals surface area (Å²) >= 11 is 0. The Hall–Kier alpha value is -2.34. The van der Waals surface area contributed by atoms with Crippen molar-refractivity contribution >= 4 is 28.4 Å². The summed E-state index contributed by atoms with van der Waals surface area (Å²) in [6.07, 6.45) is 2.23. The molecule has 0 spiro atoms. The summed E-state index contributed by atoms with van der Waals surface area (Å²) in [7, 11) is 0. The van der Waals surface area contributed by atoms with Crippen molar-refractivity contribution in [3.8, 4) is 0 Å². The van der Waals surface area contributed by atoms with Crippen LogP contribution in [-0.2, 0) is 9.59 Å². The maximum Gasteiger partial charge on any atom is 0.313 e. The largest absolute Gasteiger partial charge is 0.396 e. The third-order valence-electron chi connectivity index (χ3n) is 2.64. The second-order valence-corrected chi connectivity index (χ2v) is 4.07. The van der Waals surface area contributed by atoms with E-state index in [9.17, 15) is 9.59 Å². The van der Waals surface area contributed by atoms with Gasteiger partial charge in [0.15, 0.2) is 0 Å². The van der Waals surface area contributed by atoms with E-state index in [2.05, 4.69) is 15.6 Å². The van der Waals surface area contributed by atoms with Gasteiger partial charge in [-0.2, -0.15) is 0 Å². The first-order chi connectivity index (χ1) is 9.20. The fourth-order valence-electron chi connectivity index (χ4n) is 1.67. The van der Waals surface area contributed by atoms with Gasteiger partial charge < -0.3 is 20.7 Å². The maximum absolute atomic E-state index is 11.6. The minimum atomic E-state index is -0.719. The van der Waals surface area contributed by atoms with E-state index in [0.29, 0.717) is 12.1 Å². The molecule has 0 saturated heterocycles. The van der Waals surface area contributed by atoms with Crippen LogP contribution < -0.4 is 10.6 Å². The average molecular weight is 261 g/mol. The Labute approximate surface area is 109 Å². The van der Waals surface area contributed by atoms with Gasteiger partial charge in [-0.05, 0) is 30.0 Å². The smallest absolute Gasteiger partial charge is 0.313 e. The van der Waals surface area contributed by atoms with Crippen LogP contribution in [0.15, 0.2) is 30.5 Å². The van der Waals surface area contributed by atoms with E-state index in [1.807, 2.05) is 12.1 Å². The zero-order valence-corrected chi connectivity index (χ0v) is 10.3. The molecule has 0 atom stereocenters. The van der Waals surface area contributed by atoms with E-state index >= 15 is 0 Å². The third-order valence-corrected chi connectivity index (χ3v) is 2.64. The number of aromatic amines is 1. The number of carbonyl (C=O) groups is 2. The second kappa shape index (κ2) is 6.01. The van der Waals surface area contributed by atoms with Crippen molar-refractivity contribution < 1.29 is 14.7 Å². The van der Waals surface area contributed by atoms with Crippen LogP contribution in [0.3, 0.4) is 0 Å². The minimum Gasteiger partial charge on any atom is -0.396 e. The molecule has 0 bridgehead atoms. The van der Waals surface area contributed by atoms with Gasteiger partial charge in [0.1, 0.15) is 0 Å². The number of H-pyrrole nitrogens is 1. The van der Waals surface area contributed by atoms with E-state index < -0.39 is 11.8 Å². The Morgan fingerprint density at radius 1 is 1.21 bits per heavy atom. The third kappa shape index (κ3) is 3.32. The van der Waals surface area contributed by atoms with Gasteiger partial charge in [-0.15, -0.1) is 0 Å². The molecule has 0 aliphatic rings. The van der Waals surface area contributed by atoms with Crippen molar-refractivity contribution in [2.24, 2.45) is 0 Å². The fourth-order valence-corrected chi connectivity index (χ4v) is 1.67. The number of carbonyl (C=O) groups excluding carboxylic acids is 2. The van der Waals surface area contributed by atoms with Gasteiger partial charge >= 0.3 is 11.8 Å². The maximum atomic E-state index is 11.6. The van der Waals surface area contributed by atoms with E-state index in [0.717, 1.165) is 10.9 Å². The molecule has 0 saturated carbocycles. The van der Waals surface area contributed by atoms with Crippen molar-refractivity contribution in [3.63, 3.8) is 0 Å². The molecular weight excluding hydrogens is 246 g/mol. The Kier molecular flexibility index (Phi) is 4.15. The Morgan fingerprint density at radius 3 is 2.84 bits per heavy atom. The quantitative estimate of drug-likeness (QED) is 0.479. The Balaban J connectivity index is 1.95.